The van der Waals surface area contributed by atoms with Gasteiger partial charge in [0, 0.05) is 6.54 Å². The van der Waals surface area contributed by atoms with Crippen molar-refractivity contribution in [3.05, 3.63) is 40.7 Å². The molecule has 2 unspecified atom stereocenters. The van der Waals surface area contributed by atoms with Gasteiger partial charge in [0.1, 0.15) is 12.4 Å². The first-order valence-corrected chi connectivity index (χ1v) is 11.5. The van der Waals surface area contributed by atoms with Crippen molar-refractivity contribution in [2.24, 2.45) is 10.7 Å². The number of unbranched alkanes of at least 4 members (excludes halogenated alkanes) is 1. The van der Waals surface area contributed by atoms with Crippen molar-refractivity contribution in [1.29, 1.82) is 0 Å². The lowest BCUT2D eigenvalue weighted by atomic mass is 10.1. The first kappa shape index (κ1) is 28.1. The number of guanidine groups is 1. The third-order valence-electron chi connectivity index (χ3n) is 4.93. The van der Waals surface area contributed by atoms with E-state index in [0.29, 0.717) is 25.1 Å². The van der Waals surface area contributed by atoms with Crippen molar-refractivity contribution in [3.63, 3.8) is 0 Å². The van der Waals surface area contributed by atoms with Crippen LogP contribution >= 0.6 is 11.6 Å². The molecule has 0 spiro atoms. The second kappa shape index (κ2) is 14.3. The first-order chi connectivity index (χ1) is 16.7. The average molecular weight is 510 g/mol. The number of hydrogen-bond acceptors (Lipinski definition) is 10. The maximum Gasteiger partial charge on any atom is 0.280 e. The van der Waals surface area contributed by atoms with E-state index in [0.717, 1.165) is 24.8 Å². The number of aliphatic hydroxyl groups is 3. The molecule has 0 aliphatic rings. The Hall–Kier alpha value is -3.19. The fraction of sp³-hybridized carbons (Fsp3) is 0.455. The number of aliphatic imine (C=N–C) groups is 1. The summed E-state index contributed by atoms with van der Waals surface area (Å²) < 4.78 is 5.55. The van der Waals surface area contributed by atoms with Crippen LogP contribution in [0.5, 0.6) is 5.75 Å². The Kier molecular flexibility index (Phi) is 11.4. The lowest BCUT2D eigenvalue weighted by molar-refractivity contribution is 0.0535. The molecule has 2 rings (SSSR count). The number of aliphatic hydroxyl groups excluding tert-OH is 3. The van der Waals surface area contributed by atoms with Gasteiger partial charge >= 0.3 is 0 Å². The summed E-state index contributed by atoms with van der Waals surface area (Å²) in [5, 5.41) is 30.2. The van der Waals surface area contributed by atoms with Gasteiger partial charge in [-0.2, -0.15) is 0 Å². The van der Waals surface area contributed by atoms with Crippen molar-refractivity contribution in [3.8, 4) is 5.75 Å². The summed E-state index contributed by atoms with van der Waals surface area (Å²) in [6.45, 7) is 0.203. The van der Waals surface area contributed by atoms with Crippen LogP contribution in [-0.4, -0.2) is 69.1 Å². The van der Waals surface area contributed by atoms with Crippen LogP contribution in [0.3, 0.4) is 0 Å². The average Bonchev–Trinajstić information content (AvgIpc) is 2.83. The molecule has 1 aromatic heterocycles. The Morgan fingerprint density at radius 2 is 1.77 bits per heavy atom. The maximum atomic E-state index is 12.2. The van der Waals surface area contributed by atoms with E-state index in [1.54, 1.807) is 0 Å². The highest BCUT2D eigenvalue weighted by molar-refractivity contribution is 6.31. The molecule has 2 atom stereocenters. The second-order valence-corrected chi connectivity index (χ2v) is 8.19. The lowest BCUT2D eigenvalue weighted by Gasteiger charge is -2.14. The predicted octanol–water partition coefficient (Wildman–Crippen LogP) is 0.235. The first-order valence-electron chi connectivity index (χ1n) is 11.1. The van der Waals surface area contributed by atoms with Gasteiger partial charge in [0.25, 0.3) is 5.91 Å². The zero-order valence-electron chi connectivity index (χ0n) is 19.2. The van der Waals surface area contributed by atoms with Crippen LogP contribution in [0.15, 0.2) is 29.3 Å². The highest BCUT2D eigenvalue weighted by atomic mass is 35.5. The topological polar surface area (TPSA) is 215 Å². The number of benzene rings is 1. The molecule has 13 heteroatoms. The Labute approximate surface area is 208 Å². The van der Waals surface area contributed by atoms with E-state index in [2.05, 4.69) is 20.3 Å². The van der Waals surface area contributed by atoms with Crippen molar-refractivity contribution in [2.75, 3.05) is 31.2 Å². The van der Waals surface area contributed by atoms with Crippen LogP contribution in [-0.2, 0) is 6.42 Å². The Balaban J connectivity index is 1.68. The number of nitrogens with one attached hydrogen (secondary N) is 1. The number of nitrogen functional groups attached to an aromatic ring is 2. The maximum absolute atomic E-state index is 12.2. The van der Waals surface area contributed by atoms with Crippen LogP contribution in [0.1, 0.15) is 41.7 Å². The van der Waals surface area contributed by atoms with E-state index in [-0.39, 0.29) is 41.7 Å². The van der Waals surface area contributed by atoms with Gasteiger partial charge in [-0.1, -0.05) is 23.7 Å². The van der Waals surface area contributed by atoms with Crippen molar-refractivity contribution in [1.82, 2.24) is 15.3 Å². The highest BCUT2D eigenvalue weighted by Crippen LogP contribution is 2.17. The van der Waals surface area contributed by atoms with Crippen molar-refractivity contribution < 1.29 is 24.9 Å². The number of carbonyl (C=O) groups excluding carboxylic acids is 1. The minimum absolute atomic E-state index is 0.0706. The van der Waals surface area contributed by atoms with Crippen molar-refractivity contribution >= 4 is 35.1 Å². The lowest BCUT2D eigenvalue weighted by Crippen LogP contribution is -2.38. The van der Waals surface area contributed by atoms with E-state index in [4.69, 9.17) is 38.6 Å². The number of carbonyl (C=O) groups is 1. The molecule has 10 N–H and O–H groups in total. The normalized spacial score (nSPS) is 13.3. The summed E-state index contributed by atoms with van der Waals surface area (Å²) in [7, 11) is 0. The third kappa shape index (κ3) is 9.91. The van der Waals surface area contributed by atoms with Gasteiger partial charge in [-0.15, -0.1) is 0 Å². The third-order valence-corrected chi connectivity index (χ3v) is 5.20. The van der Waals surface area contributed by atoms with Crippen LogP contribution in [0.4, 0.5) is 11.6 Å². The van der Waals surface area contributed by atoms with E-state index in [1.807, 2.05) is 24.3 Å². The van der Waals surface area contributed by atoms with E-state index >= 15 is 0 Å². The zero-order valence-corrected chi connectivity index (χ0v) is 20.0. The molecule has 1 heterocycles. The molecule has 0 aliphatic carbocycles. The predicted molar refractivity (Wildman–Crippen MR) is 133 cm³/mol. The van der Waals surface area contributed by atoms with Gasteiger partial charge in [0.05, 0.1) is 18.8 Å². The van der Waals surface area contributed by atoms with Crippen molar-refractivity contribution in [2.45, 2.75) is 44.3 Å². The van der Waals surface area contributed by atoms with Gasteiger partial charge < -0.3 is 37.3 Å². The number of halogens is 1. The molecule has 0 aliphatic heterocycles. The second-order valence-electron chi connectivity index (χ2n) is 7.83. The molecule has 192 valence electrons. The SMILES string of the molecule is NC(=NCCCCc1ccc(OCC(O)CCC(O)CO)cc1)NC(=O)c1nc(Cl)c(N)nc1N. The molecule has 0 radical (unpaired) electrons. The fourth-order valence-electron chi connectivity index (χ4n) is 2.97. The van der Waals surface area contributed by atoms with Crippen LogP contribution < -0.4 is 27.3 Å². The number of ether oxygens (including phenoxy) is 1. The number of anilines is 2. The number of nitrogens with two attached hydrogens (primary N) is 3. The van der Waals surface area contributed by atoms with Crippen LogP contribution in [0.2, 0.25) is 5.15 Å². The van der Waals surface area contributed by atoms with Crippen LogP contribution in [0.25, 0.3) is 0 Å². The van der Waals surface area contributed by atoms with Gasteiger partial charge in [0.2, 0.25) is 0 Å². The van der Waals surface area contributed by atoms with E-state index in [9.17, 15) is 15.0 Å². The summed E-state index contributed by atoms with van der Waals surface area (Å²) >= 11 is 5.77. The van der Waals surface area contributed by atoms with E-state index < -0.39 is 18.1 Å². The Morgan fingerprint density at radius 1 is 1.09 bits per heavy atom. The molecular formula is C22H32ClN7O5. The minimum atomic E-state index is -0.826. The summed E-state index contributed by atoms with van der Waals surface area (Å²) in [5.74, 6) is -0.358. The molecule has 0 fully saturated rings. The quantitative estimate of drug-likeness (QED) is 0.111. The molecule has 0 saturated heterocycles. The Morgan fingerprint density at radius 3 is 2.46 bits per heavy atom. The molecule has 0 bridgehead atoms. The monoisotopic (exact) mass is 509 g/mol. The van der Waals surface area contributed by atoms with Crippen LogP contribution in [0, 0.1) is 0 Å². The molecule has 1 aromatic carbocycles. The molecule has 35 heavy (non-hydrogen) atoms. The Bertz CT molecular complexity index is 991. The number of aryl methyl sites for hydroxylation is 1. The summed E-state index contributed by atoms with van der Waals surface area (Å²) in [4.78, 5) is 23.9. The highest BCUT2D eigenvalue weighted by Gasteiger charge is 2.16. The molecule has 2 aromatic rings. The summed E-state index contributed by atoms with van der Waals surface area (Å²) in [5.41, 5.74) is 17.8. The van der Waals surface area contributed by atoms with Gasteiger partial charge in [-0.25, -0.2) is 9.97 Å². The minimum Gasteiger partial charge on any atom is -0.491 e. The van der Waals surface area contributed by atoms with E-state index in [1.165, 1.54) is 0 Å². The van der Waals surface area contributed by atoms with Gasteiger partial charge in [-0.05, 0) is 49.8 Å². The molecule has 0 saturated carbocycles. The van der Waals surface area contributed by atoms with Gasteiger partial charge in [0.15, 0.2) is 28.4 Å². The summed E-state index contributed by atoms with van der Waals surface area (Å²) in [6, 6.07) is 7.54. The number of hydrogen-bond donors (Lipinski definition) is 7. The fourth-order valence-corrected chi connectivity index (χ4v) is 3.10. The number of aromatic nitrogens is 2. The van der Waals surface area contributed by atoms with Gasteiger partial charge in [-0.3, -0.25) is 15.1 Å². The molecule has 1 amide bonds. The number of amides is 1. The molecule has 12 nitrogen and oxygen atoms in total. The smallest absolute Gasteiger partial charge is 0.280 e. The standard InChI is InChI=1S/C22H32ClN7O5/c23-18-20(25)29-19(24)17(28-18)21(34)30-22(26)27-10-2-1-3-13-4-8-16(9-5-13)35-12-15(33)7-6-14(32)11-31/h4-5,8-9,14-15,31-33H,1-3,6-7,10-12H2,(H4,24,25,29)(H3,26,27,30,34). The molecular weight excluding hydrogens is 478 g/mol. The summed E-state index contributed by atoms with van der Waals surface area (Å²) in [6.07, 6.45) is 1.52. The number of nitrogens with zero attached hydrogens (tertiary/aromatic N) is 3. The number of rotatable bonds is 13. The zero-order chi connectivity index (χ0) is 25.8. The largest absolute Gasteiger partial charge is 0.491 e.